The molecule has 6 nitrogen and oxygen atoms in total. The van der Waals surface area contributed by atoms with Gasteiger partial charge in [-0.05, 0) is 56.5 Å². The number of likely N-dealkylation sites (tertiary alicyclic amines) is 1. The zero-order chi connectivity index (χ0) is 17.6. The Morgan fingerprint density at radius 2 is 2.04 bits per heavy atom. The Morgan fingerprint density at radius 3 is 2.73 bits per heavy atom. The molecule has 3 amide bonds. The van der Waals surface area contributed by atoms with Crippen LogP contribution in [0.2, 0.25) is 0 Å². The van der Waals surface area contributed by atoms with Crippen LogP contribution in [0.25, 0.3) is 0 Å². The minimum absolute atomic E-state index is 0. The van der Waals surface area contributed by atoms with Crippen molar-refractivity contribution in [3.63, 3.8) is 0 Å². The summed E-state index contributed by atoms with van der Waals surface area (Å²) in [5.74, 6) is 0.730. The first-order valence-corrected chi connectivity index (χ1v) is 9.34. The van der Waals surface area contributed by atoms with Gasteiger partial charge in [0.25, 0.3) is 5.91 Å². The van der Waals surface area contributed by atoms with Crippen molar-refractivity contribution in [2.24, 2.45) is 5.92 Å². The lowest BCUT2D eigenvalue weighted by Gasteiger charge is -2.32. The van der Waals surface area contributed by atoms with Crippen LogP contribution in [-0.4, -0.2) is 56.1 Å². The maximum atomic E-state index is 12.8. The van der Waals surface area contributed by atoms with Crippen LogP contribution in [0.1, 0.15) is 36.5 Å². The number of hydrogen-bond donors (Lipinski definition) is 2. The van der Waals surface area contributed by atoms with Crippen LogP contribution in [0.15, 0.2) is 24.3 Å². The summed E-state index contributed by atoms with van der Waals surface area (Å²) < 4.78 is 0. The number of hydrogen-bond acceptors (Lipinski definition) is 3. The molecule has 0 unspecified atom stereocenters. The van der Waals surface area contributed by atoms with E-state index in [0.29, 0.717) is 18.0 Å². The molecule has 0 radical (unpaired) electrons. The van der Waals surface area contributed by atoms with Crippen LogP contribution in [0.3, 0.4) is 0 Å². The van der Waals surface area contributed by atoms with E-state index in [-0.39, 0.29) is 24.3 Å². The highest BCUT2D eigenvalue weighted by molar-refractivity contribution is 5.98. The molecule has 144 valence electrons. The number of carbonyl (C=O) groups excluding carboxylic acids is 2. The van der Waals surface area contributed by atoms with Gasteiger partial charge in [0.05, 0.1) is 0 Å². The summed E-state index contributed by atoms with van der Waals surface area (Å²) in [4.78, 5) is 28.5. The molecule has 1 aromatic carbocycles. The molecule has 26 heavy (non-hydrogen) atoms. The number of rotatable bonds is 5. The van der Waals surface area contributed by atoms with Crippen LogP contribution in [0.4, 0.5) is 10.5 Å². The number of nitrogens with zero attached hydrogens (tertiary/aromatic N) is 2. The number of piperidine rings is 1. The number of amides is 3. The summed E-state index contributed by atoms with van der Waals surface area (Å²) in [6, 6.07) is 7.36. The third-order valence-corrected chi connectivity index (χ3v) is 5.07. The molecule has 0 spiro atoms. The van der Waals surface area contributed by atoms with Crippen molar-refractivity contribution in [1.82, 2.24) is 15.5 Å². The molecule has 2 N–H and O–H groups in total. The lowest BCUT2D eigenvalue weighted by atomic mass is 9.96. The lowest BCUT2D eigenvalue weighted by Crippen LogP contribution is -2.46. The zero-order valence-electron chi connectivity index (χ0n) is 15.4. The normalized spacial score (nSPS) is 18.3. The predicted molar refractivity (Wildman–Crippen MR) is 106 cm³/mol. The van der Waals surface area contributed by atoms with Crippen molar-refractivity contribution in [1.29, 1.82) is 0 Å². The first-order valence-electron chi connectivity index (χ1n) is 9.34. The Labute approximate surface area is 161 Å². The molecule has 3 rings (SSSR count). The van der Waals surface area contributed by atoms with Crippen molar-refractivity contribution in [2.75, 3.05) is 44.2 Å². The number of benzene rings is 1. The minimum atomic E-state index is -0.0833. The predicted octanol–water partition coefficient (Wildman–Crippen LogP) is 2.49. The molecule has 2 saturated heterocycles. The van der Waals surface area contributed by atoms with E-state index in [1.807, 2.05) is 29.2 Å². The van der Waals surface area contributed by atoms with Gasteiger partial charge in [-0.3, -0.25) is 9.69 Å². The van der Waals surface area contributed by atoms with Crippen molar-refractivity contribution < 1.29 is 9.59 Å². The summed E-state index contributed by atoms with van der Waals surface area (Å²) in [7, 11) is 0. The molecule has 7 heteroatoms. The summed E-state index contributed by atoms with van der Waals surface area (Å²) in [6.45, 7) is 7.18. The molecule has 0 aliphatic carbocycles. The summed E-state index contributed by atoms with van der Waals surface area (Å²) in [5.41, 5.74) is 1.46. The number of anilines is 1. The first-order chi connectivity index (χ1) is 12.2. The summed E-state index contributed by atoms with van der Waals surface area (Å²) >= 11 is 0. The Morgan fingerprint density at radius 1 is 1.27 bits per heavy atom. The highest BCUT2D eigenvalue weighted by atomic mass is 35.5. The highest BCUT2D eigenvalue weighted by Gasteiger charge is 2.25. The van der Waals surface area contributed by atoms with Gasteiger partial charge in [0.1, 0.15) is 0 Å². The van der Waals surface area contributed by atoms with E-state index in [4.69, 9.17) is 0 Å². The molecule has 0 saturated carbocycles. The summed E-state index contributed by atoms with van der Waals surface area (Å²) in [5, 5.41) is 6.24. The molecular weight excluding hydrogens is 352 g/mol. The average Bonchev–Trinajstić information content (AvgIpc) is 2.67. The quantitative estimate of drug-likeness (QED) is 0.824. The maximum Gasteiger partial charge on any atom is 0.321 e. The van der Waals surface area contributed by atoms with Crippen LogP contribution in [0, 0.1) is 5.92 Å². The van der Waals surface area contributed by atoms with E-state index in [1.165, 1.54) is 0 Å². The molecule has 2 aliphatic heterocycles. The van der Waals surface area contributed by atoms with Gasteiger partial charge in [0, 0.05) is 37.4 Å². The molecule has 1 aromatic rings. The van der Waals surface area contributed by atoms with Gasteiger partial charge in [-0.2, -0.15) is 0 Å². The van der Waals surface area contributed by atoms with Gasteiger partial charge >= 0.3 is 6.03 Å². The Kier molecular flexibility index (Phi) is 7.72. The SMILES string of the molecule is CCNCC1CCN(C(=O)c2cccc(N3CCCNC3=O)c2)CC1.Cl. The largest absolute Gasteiger partial charge is 0.339 e. The van der Waals surface area contributed by atoms with E-state index in [2.05, 4.69) is 17.6 Å². The number of urea groups is 1. The number of halogens is 1. The number of nitrogens with one attached hydrogen (secondary N) is 2. The lowest BCUT2D eigenvalue weighted by molar-refractivity contribution is 0.0690. The van der Waals surface area contributed by atoms with Gasteiger partial charge in [-0.15, -0.1) is 12.4 Å². The molecular formula is C19H29ClN4O2. The Balaban J connectivity index is 0.00000243. The van der Waals surface area contributed by atoms with E-state index in [0.717, 1.165) is 57.7 Å². The van der Waals surface area contributed by atoms with Crippen molar-refractivity contribution in [3.8, 4) is 0 Å². The fourth-order valence-corrected chi connectivity index (χ4v) is 3.55. The van der Waals surface area contributed by atoms with Gasteiger partial charge in [-0.1, -0.05) is 13.0 Å². The zero-order valence-corrected chi connectivity index (χ0v) is 16.2. The second kappa shape index (κ2) is 9.78. The Hall–Kier alpha value is -1.79. The standard InChI is InChI=1S/C19H28N4O2.ClH/c1-2-20-14-15-7-11-22(12-8-15)18(24)16-5-3-6-17(13-16)23-10-4-9-21-19(23)25;/h3,5-6,13,15,20H,2,4,7-12,14H2,1H3,(H,21,25);1H. The van der Waals surface area contributed by atoms with E-state index < -0.39 is 0 Å². The van der Waals surface area contributed by atoms with Gasteiger partial charge in [-0.25, -0.2) is 4.79 Å². The third kappa shape index (κ3) is 4.89. The van der Waals surface area contributed by atoms with E-state index in [1.54, 1.807) is 4.90 Å². The van der Waals surface area contributed by atoms with Gasteiger partial charge in [0.2, 0.25) is 0 Å². The van der Waals surface area contributed by atoms with Crippen LogP contribution >= 0.6 is 12.4 Å². The molecule has 0 bridgehead atoms. The van der Waals surface area contributed by atoms with Crippen LogP contribution in [-0.2, 0) is 0 Å². The second-order valence-corrected chi connectivity index (χ2v) is 6.83. The average molecular weight is 381 g/mol. The molecule has 2 aliphatic rings. The minimum Gasteiger partial charge on any atom is -0.339 e. The maximum absolute atomic E-state index is 12.8. The first kappa shape index (κ1) is 20.5. The fourth-order valence-electron chi connectivity index (χ4n) is 3.55. The molecule has 0 atom stereocenters. The third-order valence-electron chi connectivity index (χ3n) is 5.07. The van der Waals surface area contributed by atoms with Crippen LogP contribution in [0.5, 0.6) is 0 Å². The van der Waals surface area contributed by atoms with Crippen molar-refractivity contribution in [2.45, 2.75) is 26.2 Å². The second-order valence-electron chi connectivity index (χ2n) is 6.83. The fraction of sp³-hybridized carbons (Fsp3) is 0.579. The number of carbonyl (C=O) groups is 2. The van der Waals surface area contributed by atoms with Crippen molar-refractivity contribution >= 4 is 30.0 Å². The molecule has 0 aromatic heterocycles. The van der Waals surface area contributed by atoms with E-state index in [9.17, 15) is 9.59 Å². The van der Waals surface area contributed by atoms with Crippen molar-refractivity contribution in [3.05, 3.63) is 29.8 Å². The van der Waals surface area contributed by atoms with Gasteiger partial charge in [0.15, 0.2) is 0 Å². The van der Waals surface area contributed by atoms with Crippen LogP contribution < -0.4 is 15.5 Å². The monoisotopic (exact) mass is 380 g/mol. The van der Waals surface area contributed by atoms with Gasteiger partial charge < -0.3 is 15.5 Å². The van der Waals surface area contributed by atoms with E-state index >= 15 is 0 Å². The topological polar surface area (TPSA) is 64.7 Å². The highest BCUT2D eigenvalue weighted by Crippen LogP contribution is 2.22. The molecule has 2 heterocycles. The summed E-state index contributed by atoms with van der Waals surface area (Å²) in [6.07, 6.45) is 3.02. The molecule has 2 fully saturated rings. The Bertz CT molecular complexity index is 617. The smallest absolute Gasteiger partial charge is 0.321 e.